The SMILES string of the molecule is CCCCc1ccc(N2c3ccc(/C=C/c4ccccc4)cc3Sc3cc(C(C)(C)CC)ccc32)cc1. The summed E-state index contributed by atoms with van der Waals surface area (Å²) in [7, 11) is 0. The van der Waals surface area contributed by atoms with Crippen molar-refractivity contribution in [1.29, 1.82) is 0 Å². The van der Waals surface area contributed by atoms with Crippen LogP contribution in [-0.4, -0.2) is 0 Å². The molecule has 0 N–H and O–H groups in total. The minimum Gasteiger partial charge on any atom is -0.308 e. The van der Waals surface area contributed by atoms with E-state index < -0.39 is 0 Å². The van der Waals surface area contributed by atoms with Gasteiger partial charge in [0.2, 0.25) is 0 Å². The highest BCUT2D eigenvalue weighted by atomic mass is 32.2. The van der Waals surface area contributed by atoms with Crippen molar-refractivity contribution in [3.05, 3.63) is 113 Å². The number of fused-ring (bicyclic) bond motifs is 2. The topological polar surface area (TPSA) is 3.24 Å². The van der Waals surface area contributed by atoms with Crippen molar-refractivity contribution in [2.75, 3.05) is 4.90 Å². The fraction of sp³-hybridized carbons (Fsp3) is 0.257. The molecule has 5 rings (SSSR count). The lowest BCUT2D eigenvalue weighted by Gasteiger charge is -2.34. The Bertz CT molecular complexity index is 1380. The molecule has 4 aromatic carbocycles. The number of hydrogen-bond donors (Lipinski definition) is 0. The molecule has 0 saturated carbocycles. The maximum atomic E-state index is 2.44. The number of aryl methyl sites for hydroxylation is 1. The average Bonchev–Trinajstić information content (AvgIpc) is 2.94. The number of benzene rings is 4. The van der Waals surface area contributed by atoms with E-state index in [-0.39, 0.29) is 5.41 Å². The molecule has 4 aromatic rings. The van der Waals surface area contributed by atoms with Crippen molar-refractivity contribution < 1.29 is 0 Å². The second kappa shape index (κ2) is 11.0. The van der Waals surface area contributed by atoms with Crippen LogP contribution in [0.5, 0.6) is 0 Å². The van der Waals surface area contributed by atoms with Gasteiger partial charge in [-0.1, -0.05) is 113 Å². The Morgan fingerprint density at radius 1 is 0.730 bits per heavy atom. The minimum absolute atomic E-state index is 0.155. The largest absolute Gasteiger partial charge is 0.308 e. The molecule has 0 saturated heterocycles. The monoisotopic (exact) mass is 503 g/mol. The third kappa shape index (κ3) is 5.55. The average molecular weight is 504 g/mol. The van der Waals surface area contributed by atoms with E-state index in [9.17, 15) is 0 Å². The number of rotatable bonds is 8. The summed E-state index contributed by atoms with van der Waals surface area (Å²) in [6.07, 6.45) is 9.13. The van der Waals surface area contributed by atoms with Crippen LogP contribution in [0, 0.1) is 0 Å². The molecule has 0 radical (unpaired) electrons. The molecule has 37 heavy (non-hydrogen) atoms. The van der Waals surface area contributed by atoms with Gasteiger partial charge in [-0.3, -0.25) is 0 Å². The summed E-state index contributed by atoms with van der Waals surface area (Å²) in [6, 6.07) is 33.6. The van der Waals surface area contributed by atoms with Crippen molar-refractivity contribution in [3.63, 3.8) is 0 Å². The van der Waals surface area contributed by atoms with Gasteiger partial charge in [0, 0.05) is 15.5 Å². The van der Waals surface area contributed by atoms with Gasteiger partial charge in [-0.05, 0) is 83.3 Å². The van der Waals surface area contributed by atoms with E-state index in [1.54, 1.807) is 0 Å². The van der Waals surface area contributed by atoms with Crippen LogP contribution >= 0.6 is 11.8 Å². The lowest BCUT2D eigenvalue weighted by Crippen LogP contribution is -2.18. The van der Waals surface area contributed by atoms with Crippen molar-refractivity contribution in [2.24, 2.45) is 0 Å². The first-order chi connectivity index (χ1) is 18.0. The van der Waals surface area contributed by atoms with Crippen LogP contribution in [0.3, 0.4) is 0 Å². The molecule has 0 bridgehead atoms. The third-order valence-electron chi connectivity index (χ3n) is 7.59. The zero-order chi connectivity index (χ0) is 25.8. The Morgan fingerprint density at radius 2 is 1.41 bits per heavy atom. The molecular formula is C35H37NS. The maximum absolute atomic E-state index is 2.44. The fourth-order valence-electron chi connectivity index (χ4n) is 4.78. The van der Waals surface area contributed by atoms with Crippen molar-refractivity contribution in [3.8, 4) is 0 Å². The number of unbranched alkanes of at least 4 members (excludes halogenated alkanes) is 1. The summed E-state index contributed by atoms with van der Waals surface area (Å²) in [5.41, 5.74) is 9.15. The van der Waals surface area contributed by atoms with Crippen LogP contribution in [0.25, 0.3) is 12.2 Å². The lowest BCUT2D eigenvalue weighted by molar-refractivity contribution is 0.505. The van der Waals surface area contributed by atoms with Crippen LogP contribution in [0.4, 0.5) is 17.1 Å². The Labute approximate surface area is 227 Å². The van der Waals surface area contributed by atoms with Gasteiger partial charge < -0.3 is 4.90 Å². The molecule has 0 atom stereocenters. The summed E-state index contributed by atoms with van der Waals surface area (Å²) in [4.78, 5) is 5.06. The summed E-state index contributed by atoms with van der Waals surface area (Å²) in [6.45, 7) is 9.22. The van der Waals surface area contributed by atoms with Gasteiger partial charge in [0.25, 0.3) is 0 Å². The summed E-state index contributed by atoms with van der Waals surface area (Å²) in [5, 5.41) is 0. The van der Waals surface area contributed by atoms with E-state index in [1.807, 2.05) is 11.8 Å². The Morgan fingerprint density at radius 3 is 2.11 bits per heavy atom. The second-order valence-electron chi connectivity index (χ2n) is 10.6. The Kier molecular flexibility index (Phi) is 7.58. The van der Waals surface area contributed by atoms with Gasteiger partial charge in [0.1, 0.15) is 0 Å². The fourth-order valence-corrected chi connectivity index (χ4v) is 5.93. The normalized spacial score (nSPS) is 13.0. The zero-order valence-electron chi connectivity index (χ0n) is 22.5. The maximum Gasteiger partial charge on any atom is 0.0602 e. The smallest absolute Gasteiger partial charge is 0.0602 e. The molecule has 188 valence electrons. The first kappa shape index (κ1) is 25.4. The van der Waals surface area contributed by atoms with Crippen molar-refractivity contribution in [1.82, 2.24) is 0 Å². The predicted molar refractivity (Wildman–Crippen MR) is 163 cm³/mol. The standard InChI is InChI=1S/C35H37NS/c1-5-7-11-27-16-20-30(21-17-27)36-31-22-18-28(15-14-26-12-9-8-10-13-26)24-33(31)37-34-25-29(19-23-32(34)36)35(3,4)6-2/h8-10,12-25H,5-7,11H2,1-4H3/b15-14+. The first-order valence-electron chi connectivity index (χ1n) is 13.6. The quantitative estimate of drug-likeness (QED) is 0.194. The molecule has 0 spiro atoms. The molecule has 0 amide bonds. The zero-order valence-corrected chi connectivity index (χ0v) is 23.3. The minimum atomic E-state index is 0.155. The van der Waals surface area contributed by atoms with Gasteiger partial charge in [0.05, 0.1) is 11.4 Å². The van der Waals surface area contributed by atoms with E-state index in [0.717, 1.165) is 12.8 Å². The molecule has 0 fully saturated rings. The van der Waals surface area contributed by atoms with Crippen molar-refractivity contribution in [2.45, 2.75) is 68.6 Å². The van der Waals surface area contributed by atoms with Crippen molar-refractivity contribution >= 4 is 41.0 Å². The van der Waals surface area contributed by atoms with E-state index in [1.165, 1.54) is 61.9 Å². The molecule has 1 aliphatic heterocycles. The van der Waals surface area contributed by atoms with Gasteiger partial charge in [0.15, 0.2) is 0 Å². The Hall–Kier alpha value is -3.23. The lowest BCUT2D eigenvalue weighted by atomic mass is 9.82. The molecule has 1 nitrogen and oxygen atoms in total. The number of hydrogen-bond acceptors (Lipinski definition) is 2. The third-order valence-corrected chi connectivity index (χ3v) is 8.69. The molecule has 2 heteroatoms. The highest BCUT2D eigenvalue weighted by molar-refractivity contribution is 7.99. The van der Waals surface area contributed by atoms with Gasteiger partial charge >= 0.3 is 0 Å². The molecule has 0 unspecified atom stereocenters. The van der Waals surface area contributed by atoms with Crippen LogP contribution < -0.4 is 4.90 Å². The molecular weight excluding hydrogens is 466 g/mol. The highest BCUT2D eigenvalue weighted by Crippen LogP contribution is 2.52. The first-order valence-corrected chi connectivity index (χ1v) is 14.4. The van der Waals surface area contributed by atoms with Crippen LogP contribution in [0.2, 0.25) is 0 Å². The molecule has 1 aliphatic rings. The van der Waals surface area contributed by atoms with Gasteiger partial charge in [-0.2, -0.15) is 0 Å². The summed E-state index contributed by atoms with van der Waals surface area (Å²) < 4.78 is 0. The molecule has 0 aromatic heterocycles. The van der Waals surface area contributed by atoms with E-state index >= 15 is 0 Å². The predicted octanol–water partition coefficient (Wildman–Crippen LogP) is 10.8. The number of nitrogens with zero attached hydrogens (tertiary/aromatic N) is 1. The van der Waals surface area contributed by atoms with Gasteiger partial charge in [-0.25, -0.2) is 0 Å². The van der Waals surface area contributed by atoms with E-state index in [2.05, 4.69) is 136 Å². The molecule has 0 aliphatic carbocycles. The van der Waals surface area contributed by atoms with E-state index in [4.69, 9.17) is 0 Å². The van der Waals surface area contributed by atoms with E-state index in [0.29, 0.717) is 0 Å². The Balaban J connectivity index is 1.56. The highest BCUT2D eigenvalue weighted by Gasteiger charge is 2.27. The van der Waals surface area contributed by atoms with Gasteiger partial charge in [-0.15, -0.1) is 0 Å². The van der Waals surface area contributed by atoms with Crippen LogP contribution in [0.15, 0.2) is 101 Å². The summed E-state index contributed by atoms with van der Waals surface area (Å²) >= 11 is 1.90. The van der Waals surface area contributed by atoms with Crippen LogP contribution in [-0.2, 0) is 11.8 Å². The van der Waals surface area contributed by atoms with Crippen LogP contribution in [0.1, 0.15) is 69.2 Å². The molecule has 1 heterocycles. The second-order valence-corrected chi connectivity index (χ2v) is 11.7. The number of anilines is 3. The summed E-state index contributed by atoms with van der Waals surface area (Å²) in [5.74, 6) is 0.